The number of rotatable bonds is 8. The first-order valence-electron chi connectivity index (χ1n) is 21.4. The zero-order valence-electron chi connectivity index (χ0n) is 34.3. The first-order valence-corrected chi connectivity index (χ1v) is 23.4. The summed E-state index contributed by atoms with van der Waals surface area (Å²) in [6.45, 7) is 0. The Balaban J connectivity index is 0.927. The minimum atomic E-state index is -2.71. The molecule has 0 spiro atoms. The van der Waals surface area contributed by atoms with Crippen molar-refractivity contribution in [2.24, 2.45) is 0 Å². The summed E-state index contributed by atoms with van der Waals surface area (Å²) < 4.78 is 8.76. The lowest BCUT2D eigenvalue weighted by molar-refractivity contribution is 0.669. The van der Waals surface area contributed by atoms with Crippen molar-refractivity contribution in [1.82, 2.24) is 14.5 Å². The van der Waals surface area contributed by atoms with Gasteiger partial charge in [-0.2, -0.15) is 0 Å². The van der Waals surface area contributed by atoms with Gasteiger partial charge in [-0.15, -0.1) is 0 Å². The zero-order chi connectivity index (χ0) is 41.7. The van der Waals surface area contributed by atoms with Crippen LogP contribution in [-0.2, 0) is 0 Å². The van der Waals surface area contributed by atoms with Gasteiger partial charge in [-0.3, -0.25) is 0 Å². The summed E-state index contributed by atoms with van der Waals surface area (Å²) >= 11 is 0. The van der Waals surface area contributed by atoms with E-state index in [1.165, 1.54) is 42.6 Å². The Morgan fingerprint density at radius 3 is 1.33 bits per heavy atom. The Kier molecular flexibility index (Phi) is 8.80. The van der Waals surface area contributed by atoms with E-state index in [0.29, 0.717) is 0 Å². The van der Waals surface area contributed by atoms with Crippen LogP contribution in [0, 0.1) is 0 Å². The normalized spacial score (nSPS) is 11.8. The standard InChI is InChI=1S/C58H39N3OSi/c1-4-18-43(19-5-1)63(44-20-6-2-7-21-44,45-22-8-3-9-23-45)46-24-14-17-40(37-46)51-27-15-29-53(59-51)54-30-16-28-52(60-54)41-33-35-57-49(38-41)50-39-42(34-36-58(50)62-57)61-55-31-12-10-25-47(55)48-26-11-13-32-56(48)61/h1-39H. The fourth-order valence-electron chi connectivity index (χ4n) is 9.72. The number of benzene rings is 8. The second-order valence-corrected chi connectivity index (χ2v) is 19.9. The molecule has 4 nitrogen and oxygen atoms in total. The molecule has 0 aliphatic carbocycles. The summed E-state index contributed by atoms with van der Waals surface area (Å²) in [7, 11) is -2.71. The Morgan fingerprint density at radius 1 is 0.317 bits per heavy atom. The van der Waals surface area contributed by atoms with E-state index < -0.39 is 8.07 Å². The number of fused-ring (bicyclic) bond motifs is 6. The molecule has 0 radical (unpaired) electrons. The lowest BCUT2D eigenvalue weighted by Gasteiger charge is -2.34. The van der Waals surface area contributed by atoms with Gasteiger partial charge in [0.05, 0.1) is 33.8 Å². The molecular formula is C58H39N3OSi. The van der Waals surface area contributed by atoms with Gasteiger partial charge in [0, 0.05) is 38.4 Å². The van der Waals surface area contributed by atoms with Gasteiger partial charge in [0.1, 0.15) is 11.2 Å². The summed E-state index contributed by atoms with van der Waals surface area (Å²) in [6, 6.07) is 84.7. The zero-order valence-corrected chi connectivity index (χ0v) is 35.3. The molecule has 4 aromatic heterocycles. The van der Waals surface area contributed by atoms with E-state index in [9.17, 15) is 0 Å². The van der Waals surface area contributed by atoms with E-state index in [1.807, 2.05) is 6.07 Å². The van der Waals surface area contributed by atoms with Crippen molar-refractivity contribution in [2.75, 3.05) is 0 Å². The van der Waals surface area contributed by atoms with Crippen molar-refractivity contribution in [2.45, 2.75) is 0 Å². The fourth-order valence-corrected chi connectivity index (χ4v) is 14.5. The van der Waals surface area contributed by atoms with Crippen LogP contribution in [0.4, 0.5) is 0 Å². The molecule has 5 heteroatoms. The number of hydrogen-bond donors (Lipinski definition) is 0. The van der Waals surface area contributed by atoms with Crippen LogP contribution in [0.1, 0.15) is 0 Å². The quantitative estimate of drug-likeness (QED) is 0.113. The Bertz CT molecular complexity index is 3480. The number of furan rings is 1. The van der Waals surface area contributed by atoms with E-state index in [1.54, 1.807) is 0 Å². The predicted octanol–water partition coefficient (Wildman–Crippen LogP) is 11.9. The molecule has 8 aromatic carbocycles. The van der Waals surface area contributed by atoms with E-state index in [-0.39, 0.29) is 0 Å². The van der Waals surface area contributed by atoms with Crippen LogP contribution in [0.15, 0.2) is 241 Å². The third kappa shape index (κ3) is 6.12. The van der Waals surface area contributed by atoms with Gasteiger partial charge in [0.15, 0.2) is 8.07 Å². The lowest BCUT2D eigenvalue weighted by Crippen LogP contribution is -2.74. The number of pyridine rings is 2. The van der Waals surface area contributed by atoms with E-state index in [4.69, 9.17) is 14.4 Å². The van der Waals surface area contributed by atoms with Crippen LogP contribution in [0.5, 0.6) is 0 Å². The van der Waals surface area contributed by atoms with Crippen LogP contribution < -0.4 is 20.7 Å². The van der Waals surface area contributed by atoms with Crippen LogP contribution in [0.3, 0.4) is 0 Å². The van der Waals surface area contributed by atoms with Crippen molar-refractivity contribution in [3.63, 3.8) is 0 Å². The smallest absolute Gasteiger partial charge is 0.179 e. The van der Waals surface area contributed by atoms with E-state index in [2.05, 4.69) is 235 Å². The molecule has 0 amide bonds. The molecule has 63 heavy (non-hydrogen) atoms. The first-order chi connectivity index (χ1) is 31.2. The topological polar surface area (TPSA) is 43.9 Å². The number of hydrogen-bond acceptors (Lipinski definition) is 3. The van der Waals surface area contributed by atoms with Gasteiger partial charge < -0.3 is 8.98 Å². The molecule has 12 rings (SSSR count). The summed E-state index contributed by atoms with van der Waals surface area (Å²) in [5.74, 6) is 0. The Labute approximate surface area is 366 Å². The van der Waals surface area contributed by atoms with Crippen LogP contribution >= 0.6 is 0 Å². The molecule has 0 saturated carbocycles. The highest BCUT2D eigenvalue weighted by molar-refractivity contribution is 7.19. The van der Waals surface area contributed by atoms with Crippen molar-refractivity contribution >= 4 is 72.6 Å². The molecule has 0 bridgehead atoms. The van der Waals surface area contributed by atoms with Gasteiger partial charge >= 0.3 is 0 Å². The highest BCUT2D eigenvalue weighted by Crippen LogP contribution is 2.37. The average molecular weight is 822 g/mol. The third-order valence-electron chi connectivity index (χ3n) is 12.6. The second kappa shape index (κ2) is 15.1. The predicted molar refractivity (Wildman–Crippen MR) is 264 cm³/mol. The number of aromatic nitrogens is 3. The van der Waals surface area contributed by atoms with Crippen LogP contribution in [0.2, 0.25) is 0 Å². The summed E-state index contributed by atoms with van der Waals surface area (Å²) in [4.78, 5) is 10.5. The van der Waals surface area contributed by atoms with Crippen LogP contribution in [-0.4, -0.2) is 22.6 Å². The summed E-state index contributed by atoms with van der Waals surface area (Å²) in [6.07, 6.45) is 0. The van der Waals surface area contributed by atoms with E-state index >= 15 is 0 Å². The van der Waals surface area contributed by atoms with Crippen molar-refractivity contribution in [3.05, 3.63) is 237 Å². The molecule has 12 aromatic rings. The molecule has 4 heterocycles. The van der Waals surface area contributed by atoms with Gasteiger partial charge in [-0.05, 0) is 93.5 Å². The largest absolute Gasteiger partial charge is 0.456 e. The molecule has 0 N–H and O–H groups in total. The second-order valence-electron chi connectivity index (χ2n) is 16.1. The monoisotopic (exact) mass is 821 g/mol. The van der Waals surface area contributed by atoms with Crippen LogP contribution in [0.25, 0.3) is 83.3 Å². The maximum atomic E-state index is 6.41. The summed E-state index contributed by atoms with van der Waals surface area (Å²) in [5, 5.41) is 9.93. The highest BCUT2D eigenvalue weighted by Gasteiger charge is 2.41. The van der Waals surface area contributed by atoms with Gasteiger partial charge in [0.2, 0.25) is 0 Å². The third-order valence-corrected chi connectivity index (χ3v) is 17.3. The number of nitrogens with zero attached hydrogens (tertiary/aromatic N) is 3. The van der Waals surface area contributed by atoms with Gasteiger partial charge in [-0.1, -0.05) is 164 Å². The molecule has 296 valence electrons. The van der Waals surface area contributed by atoms with Gasteiger partial charge in [-0.25, -0.2) is 9.97 Å². The molecule has 0 unspecified atom stereocenters. The molecule has 0 atom stereocenters. The Hall–Kier alpha value is -8.12. The van der Waals surface area contributed by atoms with Crippen molar-refractivity contribution in [3.8, 4) is 39.6 Å². The summed E-state index contributed by atoms with van der Waals surface area (Å²) in [5.41, 5.74) is 10.7. The van der Waals surface area contributed by atoms with Crippen molar-refractivity contribution in [1.29, 1.82) is 0 Å². The molecule has 0 aliphatic rings. The average Bonchev–Trinajstić information content (AvgIpc) is 3.90. The van der Waals surface area contributed by atoms with Gasteiger partial charge in [0.25, 0.3) is 0 Å². The lowest BCUT2D eigenvalue weighted by atomic mass is 10.1. The minimum absolute atomic E-state index is 0.817. The van der Waals surface area contributed by atoms with E-state index in [0.717, 1.165) is 61.5 Å². The fraction of sp³-hybridized carbons (Fsp3) is 0. The Morgan fingerprint density at radius 2 is 0.762 bits per heavy atom. The highest BCUT2D eigenvalue weighted by atomic mass is 28.3. The van der Waals surface area contributed by atoms with Crippen molar-refractivity contribution < 1.29 is 4.42 Å². The molecule has 0 fully saturated rings. The minimum Gasteiger partial charge on any atom is -0.456 e. The maximum absolute atomic E-state index is 6.41. The molecule has 0 saturated heterocycles. The maximum Gasteiger partial charge on any atom is 0.179 e. The molecular weight excluding hydrogens is 783 g/mol. The SMILES string of the molecule is c1ccc([Si](c2ccccc2)(c2ccccc2)c2cccc(-c3cccc(-c4cccc(-c5ccc6oc7ccc(-n8c9ccccc9c9ccccc98)cc7c6c5)n4)n3)c2)cc1. The number of para-hydroxylation sites is 2. The molecule has 0 aliphatic heterocycles. The first kappa shape index (κ1) is 36.7.